The molecule has 0 saturated heterocycles. The summed E-state index contributed by atoms with van der Waals surface area (Å²) in [6.45, 7) is 3.65. The number of anilines is 2. The SMILES string of the molecule is CCOC(=O)C(C)Oc1cc(Br)c(C=NNc2nc(N)cs2)cc1OC. The van der Waals surface area contributed by atoms with E-state index < -0.39 is 12.1 Å². The van der Waals surface area contributed by atoms with Crippen molar-refractivity contribution in [3.8, 4) is 11.5 Å². The van der Waals surface area contributed by atoms with Crippen LogP contribution in [-0.4, -0.2) is 37.0 Å². The minimum absolute atomic E-state index is 0.292. The zero-order valence-electron chi connectivity index (χ0n) is 14.5. The van der Waals surface area contributed by atoms with Crippen molar-refractivity contribution in [3.05, 3.63) is 27.5 Å². The predicted molar refractivity (Wildman–Crippen MR) is 105 cm³/mol. The van der Waals surface area contributed by atoms with Crippen LogP contribution in [0.25, 0.3) is 0 Å². The Morgan fingerprint density at radius 1 is 1.50 bits per heavy atom. The summed E-state index contributed by atoms with van der Waals surface area (Å²) < 4.78 is 16.7. The largest absolute Gasteiger partial charge is 0.493 e. The molecule has 2 rings (SSSR count). The average Bonchev–Trinajstić information content (AvgIpc) is 3.02. The highest BCUT2D eigenvalue weighted by molar-refractivity contribution is 9.10. The quantitative estimate of drug-likeness (QED) is 0.366. The number of carbonyl (C=O) groups excluding carboxylic acids is 1. The maximum absolute atomic E-state index is 11.7. The third kappa shape index (κ3) is 5.33. The lowest BCUT2D eigenvalue weighted by atomic mass is 10.2. The maximum Gasteiger partial charge on any atom is 0.347 e. The molecule has 26 heavy (non-hydrogen) atoms. The summed E-state index contributed by atoms with van der Waals surface area (Å²) in [5, 5.41) is 6.43. The van der Waals surface area contributed by atoms with Gasteiger partial charge in [-0.1, -0.05) is 0 Å². The van der Waals surface area contributed by atoms with E-state index in [-0.39, 0.29) is 0 Å². The second kappa shape index (κ2) is 9.39. The first-order valence-electron chi connectivity index (χ1n) is 7.65. The minimum atomic E-state index is -0.757. The van der Waals surface area contributed by atoms with Crippen LogP contribution in [0.3, 0.4) is 0 Å². The number of methoxy groups -OCH3 is 1. The lowest BCUT2D eigenvalue weighted by molar-refractivity contribution is -0.150. The van der Waals surface area contributed by atoms with Gasteiger partial charge in [0.25, 0.3) is 0 Å². The number of hydrogen-bond donors (Lipinski definition) is 2. The first-order chi connectivity index (χ1) is 12.4. The molecule has 1 unspecified atom stereocenters. The molecule has 0 bridgehead atoms. The van der Waals surface area contributed by atoms with Crippen molar-refractivity contribution in [1.29, 1.82) is 0 Å². The third-order valence-corrected chi connectivity index (χ3v) is 4.54. The number of nitrogens with two attached hydrogens (primary N) is 1. The standard InChI is InChI=1S/C16H19BrN4O4S/c1-4-24-15(22)9(2)25-13-6-11(17)10(5-12(13)23-3)7-19-21-16-20-14(18)8-26-16/h5-9H,4,18H2,1-3H3,(H,20,21). The predicted octanol–water partition coefficient (Wildman–Crippen LogP) is 3.27. The van der Waals surface area contributed by atoms with Crippen LogP contribution in [0, 0.1) is 0 Å². The lowest BCUT2D eigenvalue weighted by Gasteiger charge is -2.16. The molecule has 1 aromatic heterocycles. The summed E-state index contributed by atoms with van der Waals surface area (Å²) >= 11 is 4.81. The fraction of sp³-hybridized carbons (Fsp3) is 0.312. The Kier molecular flexibility index (Phi) is 7.22. The number of hydrogen-bond acceptors (Lipinski definition) is 9. The van der Waals surface area contributed by atoms with E-state index in [1.54, 1.807) is 37.6 Å². The number of aromatic nitrogens is 1. The van der Waals surface area contributed by atoms with Gasteiger partial charge in [0, 0.05) is 15.4 Å². The van der Waals surface area contributed by atoms with E-state index in [1.807, 2.05) is 0 Å². The summed E-state index contributed by atoms with van der Waals surface area (Å²) in [4.78, 5) is 15.8. The highest BCUT2D eigenvalue weighted by atomic mass is 79.9. The summed E-state index contributed by atoms with van der Waals surface area (Å²) in [5.41, 5.74) is 9.10. The molecule has 0 radical (unpaired) electrons. The number of rotatable bonds is 8. The van der Waals surface area contributed by atoms with Crippen LogP contribution in [0.2, 0.25) is 0 Å². The molecule has 0 spiro atoms. The van der Waals surface area contributed by atoms with Gasteiger partial charge in [0.05, 0.1) is 19.9 Å². The van der Waals surface area contributed by atoms with Crippen LogP contribution in [0.1, 0.15) is 19.4 Å². The number of benzene rings is 1. The third-order valence-electron chi connectivity index (χ3n) is 3.09. The van der Waals surface area contributed by atoms with Crippen molar-refractivity contribution in [2.24, 2.45) is 5.10 Å². The summed E-state index contributed by atoms with van der Waals surface area (Å²) in [7, 11) is 1.52. The van der Waals surface area contributed by atoms with Crippen molar-refractivity contribution < 1.29 is 19.0 Å². The number of nitrogen functional groups attached to an aromatic ring is 1. The van der Waals surface area contributed by atoms with Crippen molar-refractivity contribution in [2.45, 2.75) is 20.0 Å². The van der Waals surface area contributed by atoms with Crippen molar-refractivity contribution in [3.63, 3.8) is 0 Å². The number of nitrogens with one attached hydrogen (secondary N) is 1. The normalized spacial score (nSPS) is 12.0. The van der Waals surface area contributed by atoms with Gasteiger partial charge in [-0.3, -0.25) is 5.43 Å². The van der Waals surface area contributed by atoms with Gasteiger partial charge in [-0.15, -0.1) is 11.3 Å². The van der Waals surface area contributed by atoms with Gasteiger partial charge in [-0.2, -0.15) is 5.10 Å². The van der Waals surface area contributed by atoms with Crippen LogP contribution in [0.5, 0.6) is 11.5 Å². The Morgan fingerprint density at radius 3 is 2.88 bits per heavy atom. The fourth-order valence-electron chi connectivity index (χ4n) is 1.89. The van der Waals surface area contributed by atoms with Crippen molar-refractivity contribution in [1.82, 2.24) is 4.98 Å². The molecular weight excluding hydrogens is 424 g/mol. The number of halogens is 1. The molecule has 140 valence electrons. The Bertz CT molecular complexity index is 797. The Hall–Kier alpha value is -2.33. The van der Waals surface area contributed by atoms with Gasteiger partial charge in [0.15, 0.2) is 17.6 Å². The molecule has 1 heterocycles. The molecule has 0 saturated carbocycles. The minimum Gasteiger partial charge on any atom is -0.493 e. The molecule has 1 aromatic carbocycles. The van der Waals surface area contributed by atoms with Crippen LogP contribution in [-0.2, 0) is 9.53 Å². The molecule has 8 nitrogen and oxygen atoms in total. The number of esters is 1. The number of hydrazone groups is 1. The maximum atomic E-state index is 11.7. The van der Waals surface area contributed by atoms with Gasteiger partial charge in [0.2, 0.25) is 5.13 Å². The summed E-state index contributed by atoms with van der Waals surface area (Å²) in [6.07, 6.45) is 0.843. The number of ether oxygens (including phenoxy) is 3. The van der Waals surface area contributed by atoms with Crippen LogP contribution in [0.4, 0.5) is 10.9 Å². The van der Waals surface area contributed by atoms with E-state index in [1.165, 1.54) is 18.4 Å². The van der Waals surface area contributed by atoms with Gasteiger partial charge in [-0.05, 0) is 41.9 Å². The van der Waals surface area contributed by atoms with Gasteiger partial charge >= 0.3 is 5.97 Å². The molecule has 2 aromatic rings. The highest BCUT2D eigenvalue weighted by Crippen LogP contribution is 2.33. The van der Waals surface area contributed by atoms with Gasteiger partial charge in [-0.25, -0.2) is 9.78 Å². The van der Waals surface area contributed by atoms with Gasteiger partial charge in [0.1, 0.15) is 5.82 Å². The van der Waals surface area contributed by atoms with Crippen LogP contribution < -0.4 is 20.6 Å². The molecule has 0 amide bonds. The van der Waals surface area contributed by atoms with E-state index in [9.17, 15) is 4.79 Å². The topological polar surface area (TPSA) is 108 Å². The molecule has 0 aliphatic heterocycles. The molecule has 0 aliphatic rings. The highest BCUT2D eigenvalue weighted by Gasteiger charge is 2.19. The first-order valence-corrected chi connectivity index (χ1v) is 9.32. The van der Waals surface area contributed by atoms with Gasteiger partial charge < -0.3 is 19.9 Å². The van der Waals surface area contributed by atoms with E-state index in [4.69, 9.17) is 19.9 Å². The molecule has 0 fully saturated rings. The molecule has 3 N–H and O–H groups in total. The summed E-state index contributed by atoms with van der Waals surface area (Å²) in [5.74, 6) is 0.873. The average molecular weight is 443 g/mol. The summed E-state index contributed by atoms with van der Waals surface area (Å²) in [6, 6.07) is 3.44. The van der Waals surface area contributed by atoms with E-state index in [0.717, 1.165) is 5.56 Å². The van der Waals surface area contributed by atoms with Crippen molar-refractivity contribution >= 4 is 50.4 Å². The number of carbonyl (C=O) groups is 1. The fourth-order valence-corrected chi connectivity index (χ4v) is 2.87. The van der Waals surface area contributed by atoms with Crippen LogP contribution >= 0.6 is 27.3 Å². The lowest BCUT2D eigenvalue weighted by Crippen LogP contribution is -2.26. The Labute approximate surface area is 163 Å². The molecule has 1 atom stereocenters. The second-order valence-corrected chi connectivity index (χ2v) is 6.70. The molecular formula is C16H19BrN4O4S. The first kappa shape index (κ1) is 20.0. The molecule has 0 aliphatic carbocycles. The van der Waals surface area contributed by atoms with E-state index in [2.05, 4.69) is 31.4 Å². The monoisotopic (exact) mass is 442 g/mol. The van der Waals surface area contributed by atoms with E-state index in [0.29, 0.717) is 33.5 Å². The van der Waals surface area contributed by atoms with Crippen LogP contribution in [0.15, 0.2) is 27.1 Å². The number of nitrogens with zero attached hydrogens (tertiary/aromatic N) is 2. The Morgan fingerprint density at radius 2 is 2.27 bits per heavy atom. The Balaban J connectivity index is 2.13. The zero-order chi connectivity index (χ0) is 19.1. The van der Waals surface area contributed by atoms with E-state index >= 15 is 0 Å². The second-order valence-electron chi connectivity index (χ2n) is 4.98. The zero-order valence-corrected chi connectivity index (χ0v) is 16.9. The smallest absolute Gasteiger partial charge is 0.347 e. The molecule has 10 heteroatoms. The van der Waals surface area contributed by atoms with Crippen molar-refractivity contribution in [2.75, 3.05) is 24.9 Å². The number of thiazole rings is 1.